The highest BCUT2D eigenvalue weighted by Crippen LogP contribution is 2.12. The first kappa shape index (κ1) is 13.2. The van der Waals surface area contributed by atoms with Gasteiger partial charge < -0.3 is 19.6 Å². The molecule has 92 valence electrons. The van der Waals surface area contributed by atoms with E-state index >= 15 is 0 Å². The molecular formula is C12H21NO3. The van der Waals surface area contributed by atoms with Crippen LogP contribution in [0.2, 0.25) is 0 Å². The molecule has 4 nitrogen and oxygen atoms in total. The van der Waals surface area contributed by atoms with Crippen LogP contribution in [-0.4, -0.2) is 23.9 Å². The van der Waals surface area contributed by atoms with E-state index < -0.39 is 6.10 Å². The summed E-state index contributed by atoms with van der Waals surface area (Å²) in [5, 5.41) is 12.8. The highest BCUT2D eigenvalue weighted by molar-refractivity contribution is 5.06. The Bertz CT molecular complexity index is 318. The molecule has 0 fully saturated rings. The Labute approximate surface area is 96.6 Å². The van der Waals surface area contributed by atoms with Crippen LogP contribution in [0.25, 0.3) is 0 Å². The van der Waals surface area contributed by atoms with E-state index in [2.05, 4.69) is 5.32 Å². The summed E-state index contributed by atoms with van der Waals surface area (Å²) >= 11 is 0. The number of methoxy groups -OCH3 is 1. The summed E-state index contributed by atoms with van der Waals surface area (Å²) in [6, 6.07) is 3.81. The summed E-state index contributed by atoms with van der Waals surface area (Å²) in [6.07, 6.45) is -0.416. The van der Waals surface area contributed by atoms with Crippen LogP contribution in [0, 0.1) is 0 Å². The SMILES string of the molecule is COCc1ccc(CNC(C)(C)C(C)O)o1. The molecule has 1 aromatic rings. The molecule has 1 unspecified atom stereocenters. The predicted octanol–water partition coefficient (Wildman–Crippen LogP) is 1.67. The van der Waals surface area contributed by atoms with Crippen LogP contribution in [0.3, 0.4) is 0 Å². The van der Waals surface area contributed by atoms with E-state index in [-0.39, 0.29) is 5.54 Å². The van der Waals surface area contributed by atoms with Gasteiger partial charge in [0.1, 0.15) is 18.1 Å². The average molecular weight is 227 g/mol. The molecule has 0 bridgehead atoms. The van der Waals surface area contributed by atoms with Gasteiger partial charge >= 0.3 is 0 Å². The summed E-state index contributed by atoms with van der Waals surface area (Å²) in [7, 11) is 1.64. The molecule has 0 saturated heterocycles. The quantitative estimate of drug-likeness (QED) is 0.776. The number of aliphatic hydroxyl groups is 1. The van der Waals surface area contributed by atoms with E-state index in [1.54, 1.807) is 14.0 Å². The van der Waals surface area contributed by atoms with Gasteiger partial charge in [-0.05, 0) is 32.9 Å². The van der Waals surface area contributed by atoms with E-state index in [4.69, 9.17) is 9.15 Å². The van der Waals surface area contributed by atoms with Crippen molar-refractivity contribution >= 4 is 0 Å². The van der Waals surface area contributed by atoms with Gasteiger partial charge in [-0.25, -0.2) is 0 Å². The minimum absolute atomic E-state index is 0.325. The largest absolute Gasteiger partial charge is 0.462 e. The fraction of sp³-hybridized carbons (Fsp3) is 0.667. The van der Waals surface area contributed by atoms with Gasteiger partial charge in [0.2, 0.25) is 0 Å². The third-order valence-corrected chi connectivity index (χ3v) is 2.77. The molecule has 0 aliphatic carbocycles. The lowest BCUT2D eigenvalue weighted by Gasteiger charge is -2.29. The van der Waals surface area contributed by atoms with Crippen LogP contribution < -0.4 is 5.32 Å². The summed E-state index contributed by atoms with van der Waals surface area (Å²) in [5.74, 6) is 1.66. The lowest BCUT2D eigenvalue weighted by atomic mass is 9.99. The molecule has 0 aliphatic rings. The zero-order valence-electron chi connectivity index (χ0n) is 10.4. The second kappa shape index (κ2) is 5.48. The molecule has 0 aromatic carbocycles. The zero-order valence-corrected chi connectivity index (χ0v) is 10.4. The normalized spacial score (nSPS) is 14.1. The minimum atomic E-state index is -0.416. The Morgan fingerprint density at radius 1 is 1.44 bits per heavy atom. The van der Waals surface area contributed by atoms with Crippen molar-refractivity contribution in [1.29, 1.82) is 0 Å². The summed E-state index contributed by atoms with van der Waals surface area (Å²) in [4.78, 5) is 0. The molecule has 0 spiro atoms. The smallest absolute Gasteiger partial charge is 0.129 e. The maximum atomic E-state index is 9.53. The van der Waals surface area contributed by atoms with E-state index in [0.717, 1.165) is 11.5 Å². The van der Waals surface area contributed by atoms with Crippen molar-refractivity contribution in [2.75, 3.05) is 7.11 Å². The Morgan fingerprint density at radius 2 is 2.06 bits per heavy atom. The Hall–Kier alpha value is -0.840. The van der Waals surface area contributed by atoms with Crippen molar-refractivity contribution in [3.8, 4) is 0 Å². The average Bonchev–Trinajstić information content (AvgIpc) is 2.63. The molecule has 1 heterocycles. The molecule has 4 heteroatoms. The van der Waals surface area contributed by atoms with Gasteiger partial charge in [0.05, 0.1) is 12.6 Å². The second-order valence-corrected chi connectivity index (χ2v) is 4.55. The van der Waals surface area contributed by atoms with Crippen molar-refractivity contribution in [1.82, 2.24) is 5.32 Å². The summed E-state index contributed by atoms with van der Waals surface area (Å²) in [6.45, 7) is 6.76. The first-order valence-electron chi connectivity index (χ1n) is 5.45. The molecule has 0 amide bonds. The van der Waals surface area contributed by atoms with E-state index in [1.807, 2.05) is 26.0 Å². The lowest BCUT2D eigenvalue weighted by Crippen LogP contribution is -2.47. The van der Waals surface area contributed by atoms with Gasteiger partial charge in [-0.3, -0.25) is 0 Å². The summed E-state index contributed by atoms with van der Waals surface area (Å²) < 4.78 is 10.5. The van der Waals surface area contributed by atoms with Gasteiger partial charge in [0.25, 0.3) is 0 Å². The molecular weight excluding hydrogens is 206 g/mol. The highest BCUT2D eigenvalue weighted by Gasteiger charge is 2.23. The summed E-state index contributed by atoms with van der Waals surface area (Å²) in [5.41, 5.74) is -0.325. The fourth-order valence-corrected chi connectivity index (χ4v) is 1.20. The minimum Gasteiger partial charge on any atom is -0.462 e. The predicted molar refractivity (Wildman–Crippen MR) is 62.0 cm³/mol. The number of rotatable bonds is 6. The Kier molecular flexibility index (Phi) is 4.53. The van der Waals surface area contributed by atoms with Crippen molar-refractivity contribution < 1.29 is 14.3 Å². The number of hydrogen-bond donors (Lipinski definition) is 2. The molecule has 2 N–H and O–H groups in total. The third kappa shape index (κ3) is 3.63. The van der Waals surface area contributed by atoms with Crippen molar-refractivity contribution in [3.63, 3.8) is 0 Å². The van der Waals surface area contributed by atoms with E-state index in [9.17, 15) is 5.11 Å². The van der Waals surface area contributed by atoms with Gasteiger partial charge in [-0.15, -0.1) is 0 Å². The molecule has 0 aliphatic heterocycles. The van der Waals surface area contributed by atoms with Crippen LogP contribution in [0.5, 0.6) is 0 Å². The molecule has 1 aromatic heterocycles. The highest BCUT2D eigenvalue weighted by atomic mass is 16.5. The molecule has 0 radical (unpaired) electrons. The topological polar surface area (TPSA) is 54.6 Å². The second-order valence-electron chi connectivity index (χ2n) is 4.55. The standard InChI is InChI=1S/C12H21NO3/c1-9(14)12(2,3)13-7-10-5-6-11(16-10)8-15-4/h5-6,9,13-14H,7-8H2,1-4H3. The zero-order chi connectivity index (χ0) is 12.2. The molecule has 1 rings (SSSR count). The number of ether oxygens (including phenoxy) is 1. The fourth-order valence-electron chi connectivity index (χ4n) is 1.20. The third-order valence-electron chi connectivity index (χ3n) is 2.77. The first-order valence-corrected chi connectivity index (χ1v) is 5.45. The van der Waals surface area contributed by atoms with Gasteiger partial charge in [-0.1, -0.05) is 0 Å². The maximum absolute atomic E-state index is 9.53. The lowest BCUT2D eigenvalue weighted by molar-refractivity contribution is 0.0937. The van der Waals surface area contributed by atoms with Crippen molar-refractivity contribution in [2.24, 2.45) is 0 Å². The van der Waals surface area contributed by atoms with Crippen LogP contribution in [0.1, 0.15) is 32.3 Å². The van der Waals surface area contributed by atoms with E-state index in [1.165, 1.54) is 0 Å². The first-order chi connectivity index (χ1) is 7.45. The molecule has 1 atom stereocenters. The monoisotopic (exact) mass is 227 g/mol. The maximum Gasteiger partial charge on any atom is 0.129 e. The van der Waals surface area contributed by atoms with Crippen LogP contribution in [-0.2, 0) is 17.9 Å². The van der Waals surface area contributed by atoms with Crippen LogP contribution >= 0.6 is 0 Å². The molecule has 0 saturated carbocycles. The Morgan fingerprint density at radius 3 is 2.62 bits per heavy atom. The number of nitrogens with one attached hydrogen (secondary N) is 1. The number of hydrogen-bond acceptors (Lipinski definition) is 4. The molecule has 16 heavy (non-hydrogen) atoms. The van der Waals surface area contributed by atoms with Crippen molar-refractivity contribution in [3.05, 3.63) is 23.7 Å². The van der Waals surface area contributed by atoms with Gasteiger partial charge in [-0.2, -0.15) is 0 Å². The number of aliphatic hydroxyl groups excluding tert-OH is 1. The van der Waals surface area contributed by atoms with Crippen molar-refractivity contribution in [2.45, 2.75) is 45.6 Å². The number of furan rings is 1. The van der Waals surface area contributed by atoms with E-state index in [0.29, 0.717) is 13.2 Å². The van der Waals surface area contributed by atoms with Gasteiger partial charge in [0, 0.05) is 12.6 Å². The van der Waals surface area contributed by atoms with Gasteiger partial charge in [0.15, 0.2) is 0 Å². The Balaban J connectivity index is 2.48. The van der Waals surface area contributed by atoms with Crippen LogP contribution in [0.15, 0.2) is 16.5 Å². The van der Waals surface area contributed by atoms with Crippen LogP contribution in [0.4, 0.5) is 0 Å².